The third kappa shape index (κ3) is 4.23. The minimum Gasteiger partial charge on any atom is -0.396 e. The van der Waals surface area contributed by atoms with Crippen LogP contribution in [0.15, 0.2) is 16.8 Å². The molecule has 0 radical (unpaired) electrons. The number of rotatable bonds is 6. The Kier molecular flexibility index (Phi) is 5.27. The third-order valence-electron chi connectivity index (χ3n) is 3.27. The van der Waals surface area contributed by atoms with E-state index < -0.39 is 5.54 Å². The number of carbonyl (C=O) groups excluding carboxylic acids is 1. The van der Waals surface area contributed by atoms with Crippen LogP contribution < -0.4 is 10.6 Å². The number of aromatic nitrogens is 2. The molecule has 0 aliphatic rings. The average molecular weight is 326 g/mol. The van der Waals surface area contributed by atoms with Gasteiger partial charge in [-0.3, -0.25) is 5.32 Å². The smallest absolute Gasteiger partial charge is 0.321 e. The Labute approximate surface area is 131 Å². The molecule has 2 aromatic rings. The first-order valence-electron chi connectivity index (χ1n) is 6.62. The van der Waals surface area contributed by atoms with Crippen molar-refractivity contribution in [1.82, 2.24) is 15.5 Å². The van der Waals surface area contributed by atoms with Gasteiger partial charge in [-0.1, -0.05) is 18.3 Å². The van der Waals surface area contributed by atoms with Gasteiger partial charge >= 0.3 is 6.03 Å². The summed E-state index contributed by atoms with van der Waals surface area (Å²) in [6.45, 7) is 3.90. The summed E-state index contributed by atoms with van der Waals surface area (Å²) in [4.78, 5) is 12.0. The van der Waals surface area contributed by atoms with Crippen LogP contribution in [0.3, 0.4) is 0 Å². The second-order valence-corrected chi connectivity index (χ2v) is 6.65. The summed E-state index contributed by atoms with van der Waals surface area (Å²) >= 11 is 2.92. The van der Waals surface area contributed by atoms with E-state index in [2.05, 4.69) is 20.8 Å². The van der Waals surface area contributed by atoms with E-state index in [1.165, 1.54) is 11.3 Å². The van der Waals surface area contributed by atoms with Crippen molar-refractivity contribution >= 4 is 33.8 Å². The van der Waals surface area contributed by atoms with Crippen LogP contribution in [0.5, 0.6) is 0 Å². The normalized spacial score (nSPS) is 13.7. The molecule has 8 heteroatoms. The number of carbonyl (C=O) groups is 1. The van der Waals surface area contributed by atoms with Crippen molar-refractivity contribution in [3.8, 4) is 10.6 Å². The van der Waals surface area contributed by atoms with Crippen LogP contribution in [0.25, 0.3) is 10.6 Å². The maximum Gasteiger partial charge on any atom is 0.321 e. The number of nitrogens with one attached hydrogen (secondary N) is 2. The Morgan fingerprint density at radius 1 is 1.48 bits per heavy atom. The number of thiophene rings is 1. The van der Waals surface area contributed by atoms with Gasteiger partial charge in [-0.25, -0.2) is 4.79 Å². The van der Waals surface area contributed by atoms with Gasteiger partial charge in [0.05, 0.1) is 0 Å². The Morgan fingerprint density at radius 2 is 2.29 bits per heavy atom. The quantitative estimate of drug-likeness (QED) is 0.761. The van der Waals surface area contributed by atoms with Crippen LogP contribution in [-0.2, 0) is 0 Å². The maximum absolute atomic E-state index is 12.0. The standard InChI is InChI=1S/C13H18N4O2S2/c1-3-13(2,5-6-18)15-11(19)14-12-17-16-10(21-12)9-4-7-20-8-9/h4,7-8,18H,3,5-6H2,1-2H3,(H2,14,15,17,19). The van der Waals surface area contributed by atoms with Crippen molar-refractivity contribution < 1.29 is 9.90 Å². The highest BCUT2D eigenvalue weighted by atomic mass is 32.1. The van der Waals surface area contributed by atoms with Crippen LogP contribution >= 0.6 is 22.7 Å². The monoisotopic (exact) mass is 326 g/mol. The number of anilines is 1. The van der Waals surface area contributed by atoms with E-state index in [0.717, 1.165) is 17.0 Å². The van der Waals surface area contributed by atoms with E-state index in [-0.39, 0.29) is 12.6 Å². The van der Waals surface area contributed by atoms with E-state index in [0.29, 0.717) is 11.6 Å². The van der Waals surface area contributed by atoms with Crippen LogP contribution in [0, 0.1) is 0 Å². The average Bonchev–Trinajstić information content (AvgIpc) is 3.09. The van der Waals surface area contributed by atoms with E-state index in [4.69, 9.17) is 5.11 Å². The van der Waals surface area contributed by atoms with Gasteiger partial charge < -0.3 is 10.4 Å². The number of aliphatic hydroxyl groups is 1. The Balaban J connectivity index is 1.97. The van der Waals surface area contributed by atoms with E-state index >= 15 is 0 Å². The number of nitrogens with zero attached hydrogens (tertiary/aromatic N) is 2. The van der Waals surface area contributed by atoms with Crippen LogP contribution in [0.4, 0.5) is 9.93 Å². The topological polar surface area (TPSA) is 87.1 Å². The minimum atomic E-state index is -0.431. The molecular weight excluding hydrogens is 308 g/mol. The van der Waals surface area contributed by atoms with Crippen LogP contribution in [0.1, 0.15) is 26.7 Å². The first kappa shape index (κ1) is 15.9. The summed E-state index contributed by atoms with van der Waals surface area (Å²) < 4.78 is 0. The molecule has 3 N–H and O–H groups in total. The molecule has 0 aliphatic carbocycles. The molecule has 21 heavy (non-hydrogen) atoms. The second kappa shape index (κ2) is 6.97. The molecule has 6 nitrogen and oxygen atoms in total. The summed E-state index contributed by atoms with van der Waals surface area (Å²) in [5, 5.41) is 27.8. The SMILES string of the molecule is CCC(C)(CCO)NC(=O)Nc1nnc(-c2ccsc2)s1. The highest BCUT2D eigenvalue weighted by Gasteiger charge is 2.24. The van der Waals surface area contributed by atoms with Crippen LogP contribution in [-0.4, -0.2) is 33.5 Å². The molecule has 1 unspecified atom stereocenters. The molecule has 0 bridgehead atoms. The number of hydrogen-bond acceptors (Lipinski definition) is 6. The van der Waals surface area contributed by atoms with Gasteiger partial charge in [-0.2, -0.15) is 11.3 Å². The predicted octanol–water partition coefficient (Wildman–Crippen LogP) is 2.94. The molecule has 0 aliphatic heterocycles. The first-order valence-corrected chi connectivity index (χ1v) is 8.38. The maximum atomic E-state index is 12.0. The summed E-state index contributed by atoms with van der Waals surface area (Å²) in [7, 11) is 0. The lowest BCUT2D eigenvalue weighted by Crippen LogP contribution is -2.48. The largest absolute Gasteiger partial charge is 0.396 e. The number of urea groups is 1. The third-order valence-corrected chi connectivity index (χ3v) is 4.84. The fraction of sp³-hybridized carbons (Fsp3) is 0.462. The molecular formula is C13H18N4O2S2. The van der Waals surface area contributed by atoms with Gasteiger partial charge in [0, 0.05) is 23.1 Å². The molecule has 0 saturated carbocycles. The zero-order valence-corrected chi connectivity index (χ0v) is 13.6. The lowest BCUT2D eigenvalue weighted by atomic mass is 9.95. The summed E-state index contributed by atoms with van der Waals surface area (Å²) in [5.74, 6) is 0. The van der Waals surface area contributed by atoms with Crippen LogP contribution in [0.2, 0.25) is 0 Å². The lowest BCUT2D eigenvalue weighted by Gasteiger charge is -2.28. The van der Waals surface area contributed by atoms with Gasteiger partial charge in [0.2, 0.25) is 5.13 Å². The highest BCUT2D eigenvalue weighted by molar-refractivity contribution is 7.19. The van der Waals surface area contributed by atoms with Crippen molar-refractivity contribution in [2.24, 2.45) is 0 Å². The molecule has 1 atom stereocenters. The van der Waals surface area contributed by atoms with E-state index in [1.54, 1.807) is 11.3 Å². The zero-order valence-electron chi connectivity index (χ0n) is 11.9. The Morgan fingerprint density at radius 3 is 2.90 bits per heavy atom. The number of amides is 2. The van der Waals surface area contributed by atoms with Crippen molar-refractivity contribution in [1.29, 1.82) is 0 Å². The molecule has 2 aromatic heterocycles. The minimum absolute atomic E-state index is 0.0335. The summed E-state index contributed by atoms with van der Waals surface area (Å²) in [6.07, 6.45) is 1.24. The molecule has 2 amide bonds. The van der Waals surface area contributed by atoms with Gasteiger partial charge in [0.15, 0.2) is 0 Å². The molecule has 0 aromatic carbocycles. The molecule has 0 spiro atoms. The van der Waals surface area contributed by atoms with Gasteiger partial charge in [0.25, 0.3) is 0 Å². The molecule has 114 valence electrons. The number of aliphatic hydroxyl groups excluding tert-OH is 1. The molecule has 0 saturated heterocycles. The lowest BCUT2D eigenvalue weighted by molar-refractivity contribution is 0.208. The van der Waals surface area contributed by atoms with Crippen molar-refractivity contribution in [2.45, 2.75) is 32.2 Å². The molecule has 2 rings (SSSR count). The van der Waals surface area contributed by atoms with E-state index in [1.807, 2.05) is 30.7 Å². The van der Waals surface area contributed by atoms with Crippen molar-refractivity contribution in [3.63, 3.8) is 0 Å². The fourth-order valence-electron chi connectivity index (χ4n) is 1.75. The molecule has 0 fully saturated rings. The van der Waals surface area contributed by atoms with Crippen molar-refractivity contribution in [2.75, 3.05) is 11.9 Å². The highest BCUT2D eigenvalue weighted by Crippen LogP contribution is 2.27. The summed E-state index contributed by atoms with van der Waals surface area (Å²) in [5.41, 5.74) is 0.573. The molecule has 2 heterocycles. The van der Waals surface area contributed by atoms with Gasteiger partial charge in [-0.05, 0) is 31.2 Å². The van der Waals surface area contributed by atoms with Gasteiger partial charge in [-0.15, -0.1) is 10.2 Å². The Hall–Kier alpha value is -1.51. The van der Waals surface area contributed by atoms with Gasteiger partial charge in [0.1, 0.15) is 5.01 Å². The first-order chi connectivity index (χ1) is 10.1. The van der Waals surface area contributed by atoms with E-state index in [9.17, 15) is 4.79 Å². The van der Waals surface area contributed by atoms with Crippen molar-refractivity contribution in [3.05, 3.63) is 16.8 Å². The Bertz CT molecular complexity index is 585. The fourth-order valence-corrected chi connectivity index (χ4v) is 3.20. The zero-order chi connectivity index (χ0) is 15.3. The number of hydrogen-bond donors (Lipinski definition) is 3. The predicted molar refractivity (Wildman–Crippen MR) is 85.8 cm³/mol. The second-order valence-electron chi connectivity index (χ2n) is 4.89. The summed E-state index contributed by atoms with van der Waals surface area (Å²) in [6, 6.07) is 1.63.